The first-order valence-corrected chi connectivity index (χ1v) is 20.1. The molecule has 7 rings (SSSR count). The highest BCUT2D eigenvalue weighted by molar-refractivity contribution is 5.87. The van der Waals surface area contributed by atoms with Crippen LogP contribution in [0.3, 0.4) is 0 Å². The number of rotatable bonds is 13. The molecule has 24 nitrogen and oxygen atoms in total. The zero-order valence-electron chi connectivity index (χ0n) is 34.1. The van der Waals surface area contributed by atoms with Gasteiger partial charge in [0, 0.05) is 23.8 Å². The molecule has 0 amide bonds. The van der Waals surface area contributed by atoms with Crippen LogP contribution in [0, 0.1) is 0 Å². The maximum atomic E-state index is 12.5. The van der Waals surface area contributed by atoms with Gasteiger partial charge in [-0.1, -0.05) is 12.1 Å². The third-order valence-electron chi connectivity index (χ3n) is 11.1. The number of aromatic hydroxyl groups is 4. The molecule has 0 bridgehead atoms. The molecule has 0 aromatic heterocycles. The second-order valence-electron chi connectivity index (χ2n) is 15.6. The van der Waals surface area contributed by atoms with Crippen LogP contribution in [0.25, 0.3) is 12.2 Å². The van der Waals surface area contributed by atoms with Crippen LogP contribution in [0.2, 0.25) is 0 Å². The van der Waals surface area contributed by atoms with E-state index in [2.05, 4.69) is 0 Å². The van der Waals surface area contributed by atoms with Gasteiger partial charge in [0.1, 0.15) is 103 Å². The first kappa shape index (κ1) is 48.4. The summed E-state index contributed by atoms with van der Waals surface area (Å²) >= 11 is 0. The van der Waals surface area contributed by atoms with Crippen molar-refractivity contribution < 1.29 is 119 Å². The van der Waals surface area contributed by atoms with E-state index in [4.69, 9.17) is 37.9 Å². The van der Waals surface area contributed by atoms with Gasteiger partial charge >= 0.3 is 5.97 Å². The van der Waals surface area contributed by atoms with Crippen LogP contribution in [0.5, 0.6) is 40.2 Å². The van der Waals surface area contributed by atoms with Crippen molar-refractivity contribution in [3.8, 4) is 40.2 Å². The lowest BCUT2D eigenvalue weighted by Gasteiger charge is -2.41. The monoisotopic (exact) mass is 936 g/mol. The molecule has 3 aromatic rings. The summed E-state index contributed by atoms with van der Waals surface area (Å²) in [4.78, 5) is 12.5. The minimum atomic E-state index is -1.92. The Labute approximate surface area is 372 Å². The highest BCUT2D eigenvalue weighted by Crippen LogP contribution is 2.46. The van der Waals surface area contributed by atoms with Crippen molar-refractivity contribution in [2.75, 3.05) is 19.8 Å². The molecular formula is C42H48O24. The molecule has 0 saturated carbocycles. The van der Waals surface area contributed by atoms with E-state index >= 15 is 0 Å². The Kier molecular flexibility index (Phi) is 14.8. The van der Waals surface area contributed by atoms with E-state index in [1.54, 1.807) is 0 Å². The third kappa shape index (κ3) is 10.1. The Morgan fingerprint density at radius 3 is 1.74 bits per heavy atom. The van der Waals surface area contributed by atoms with Gasteiger partial charge in [-0.25, -0.2) is 4.79 Å². The molecule has 4 heterocycles. The molecule has 16 atom stereocenters. The number of hydrogen-bond donors (Lipinski definition) is 15. The maximum Gasteiger partial charge on any atom is 0.330 e. The van der Waals surface area contributed by atoms with E-state index < -0.39 is 147 Å². The minimum absolute atomic E-state index is 0.0521. The molecule has 1 unspecified atom stereocenters. The van der Waals surface area contributed by atoms with E-state index in [9.17, 15) is 81.4 Å². The van der Waals surface area contributed by atoms with Crippen LogP contribution in [-0.2, 0) is 28.5 Å². The summed E-state index contributed by atoms with van der Waals surface area (Å²) in [6, 6.07) is 9.59. The summed E-state index contributed by atoms with van der Waals surface area (Å²) in [6.07, 6.45) is -24.2. The fourth-order valence-corrected chi connectivity index (χ4v) is 7.31. The van der Waals surface area contributed by atoms with Crippen molar-refractivity contribution in [2.45, 2.75) is 98.2 Å². The molecule has 24 heteroatoms. The molecule has 15 N–H and O–H groups in total. The topological polar surface area (TPSA) is 394 Å². The van der Waals surface area contributed by atoms with Gasteiger partial charge < -0.3 is 114 Å². The van der Waals surface area contributed by atoms with Gasteiger partial charge in [-0.2, -0.15) is 0 Å². The number of phenolic OH excluding ortho intramolecular Hbond substituents is 4. The largest absolute Gasteiger partial charge is 0.507 e. The van der Waals surface area contributed by atoms with Crippen molar-refractivity contribution >= 4 is 18.1 Å². The van der Waals surface area contributed by atoms with Crippen molar-refractivity contribution in [1.29, 1.82) is 0 Å². The Bertz CT molecular complexity index is 2250. The minimum Gasteiger partial charge on any atom is -0.507 e. The number of ether oxygens (including phenoxy) is 8. The Balaban J connectivity index is 1.14. The number of esters is 1. The van der Waals surface area contributed by atoms with Crippen molar-refractivity contribution in [2.24, 2.45) is 0 Å². The molecular weight excluding hydrogens is 888 g/mol. The number of aliphatic hydroxyl groups excluding tert-OH is 11. The summed E-state index contributed by atoms with van der Waals surface area (Å²) in [6.45, 7) is -2.25. The van der Waals surface area contributed by atoms with Crippen LogP contribution >= 0.6 is 0 Å². The SMILES string of the molecule is O=C(/C=C/c1ccc(O)c(O)c1)OC[C@H]1O[C@@H](Oc2cc(O)c3c(c2)OC(c2ccc(O)c(O[C@@H]4O[C@H](CO)[C@@H](O)[C@H](O)[C@H]4O)c2)C(O[C@@H]2O[C@H](CO)[C@@H](O)[C@H](O)[C@H]2O)=C3)[C@@H](O)[C@@H](O)[C@@H]1O. The van der Waals surface area contributed by atoms with Gasteiger partial charge in [-0.15, -0.1) is 0 Å². The molecule has 4 aliphatic rings. The second-order valence-corrected chi connectivity index (χ2v) is 15.6. The van der Waals surface area contributed by atoms with E-state index in [1.165, 1.54) is 42.5 Å². The van der Waals surface area contributed by atoms with Gasteiger partial charge in [-0.05, 0) is 42.0 Å². The van der Waals surface area contributed by atoms with Crippen LogP contribution in [0.4, 0.5) is 0 Å². The zero-order chi connectivity index (χ0) is 47.7. The first-order chi connectivity index (χ1) is 31.4. The molecule has 0 spiro atoms. The number of benzene rings is 3. The number of phenols is 4. The predicted octanol–water partition coefficient (Wildman–Crippen LogP) is -3.58. The molecule has 3 saturated heterocycles. The summed E-state index contributed by atoms with van der Waals surface area (Å²) in [5.74, 6) is -3.98. The zero-order valence-corrected chi connectivity index (χ0v) is 34.1. The second kappa shape index (κ2) is 20.1. The summed E-state index contributed by atoms with van der Waals surface area (Å²) in [7, 11) is 0. The lowest BCUT2D eigenvalue weighted by atomic mass is 9.98. The average molecular weight is 937 g/mol. The number of carbonyl (C=O) groups excluding carboxylic acids is 1. The smallest absolute Gasteiger partial charge is 0.330 e. The van der Waals surface area contributed by atoms with Gasteiger partial charge in [0.25, 0.3) is 0 Å². The number of aliphatic hydroxyl groups is 11. The lowest BCUT2D eigenvalue weighted by Crippen LogP contribution is -2.60. The molecule has 66 heavy (non-hydrogen) atoms. The van der Waals surface area contributed by atoms with Gasteiger partial charge in [0.05, 0.1) is 18.8 Å². The van der Waals surface area contributed by atoms with Crippen molar-refractivity contribution in [1.82, 2.24) is 0 Å². The highest BCUT2D eigenvalue weighted by Gasteiger charge is 2.48. The Hall–Kier alpha value is -5.55. The van der Waals surface area contributed by atoms with Crippen molar-refractivity contribution in [3.05, 3.63) is 77.1 Å². The van der Waals surface area contributed by atoms with Gasteiger partial charge in [0.2, 0.25) is 18.9 Å². The molecule has 4 aliphatic heterocycles. The van der Waals surface area contributed by atoms with Gasteiger partial charge in [0.15, 0.2) is 29.1 Å². The fourth-order valence-electron chi connectivity index (χ4n) is 7.31. The van der Waals surface area contributed by atoms with Crippen LogP contribution < -0.4 is 14.2 Å². The summed E-state index contributed by atoms with van der Waals surface area (Å²) in [5, 5.41) is 155. The summed E-state index contributed by atoms with van der Waals surface area (Å²) in [5.41, 5.74) is 0.278. The van der Waals surface area contributed by atoms with E-state index in [0.717, 1.165) is 24.3 Å². The number of fused-ring (bicyclic) bond motifs is 1. The predicted molar refractivity (Wildman–Crippen MR) is 214 cm³/mol. The van der Waals surface area contributed by atoms with Crippen LogP contribution in [0.15, 0.2) is 60.4 Å². The average Bonchev–Trinajstić information content (AvgIpc) is 3.30. The number of hydrogen-bond acceptors (Lipinski definition) is 24. The maximum absolute atomic E-state index is 12.5. The van der Waals surface area contributed by atoms with Crippen LogP contribution in [0.1, 0.15) is 22.8 Å². The van der Waals surface area contributed by atoms with E-state index in [-0.39, 0.29) is 34.1 Å². The molecule has 3 aromatic carbocycles. The fraction of sp³-hybridized carbons (Fsp3) is 0.452. The Morgan fingerprint density at radius 1 is 0.576 bits per heavy atom. The van der Waals surface area contributed by atoms with E-state index in [0.29, 0.717) is 5.56 Å². The molecule has 0 radical (unpaired) electrons. The molecule has 360 valence electrons. The summed E-state index contributed by atoms with van der Waals surface area (Å²) < 4.78 is 45.5. The Morgan fingerprint density at radius 2 is 1.14 bits per heavy atom. The molecule has 0 aliphatic carbocycles. The first-order valence-electron chi connectivity index (χ1n) is 20.1. The third-order valence-corrected chi connectivity index (χ3v) is 11.1. The molecule has 3 fully saturated rings. The quantitative estimate of drug-likeness (QED) is 0.0448. The van der Waals surface area contributed by atoms with Gasteiger partial charge in [-0.3, -0.25) is 0 Å². The van der Waals surface area contributed by atoms with Crippen molar-refractivity contribution in [3.63, 3.8) is 0 Å². The standard InChI is InChI=1S/C42H48O24/c43-12-26-30(50)33(53)37(57)41(64-26)62-24-8-16(3-5-20(24)46)39-25(63-42-38(58)34(54)31(51)27(13-44)65-42)11-18-21(47)9-17(10-23(18)61-39)60-40-36(56)35(55)32(52)28(66-40)14-59-29(49)6-2-15-1-4-19(45)22(48)7-15/h1-11,26-28,30-48,50-58H,12-14H2/b6-2+/t26-,27-,28-,30-,31-,32-,33+,34+,35+,36+,37-,38-,39?,40-,41-,42-/m1/s1. The van der Waals surface area contributed by atoms with E-state index in [1.807, 2.05) is 0 Å². The normalized spacial score (nSPS) is 34.4. The lowest BCUT2D eigenvalue weighted by molar-refractivity contribution is -0.293. The van der Waals surface area contributed by atoms with Crippen LogP contribution in [-0.4, -0.2) is 195 Å². The highest BCUT2D eigenvalue weighted by atomic mass is 16.7. The number of carbonyl (C=O) groups is 1.